The SMILES string of the molecule is O=C(Cc1ccccc1)OCCCCCl. The molecule has 0 aromatic heterocycles. The summed E-state index contributed by atoms with van der Waals surface area (Å²) in [6.45, 7) is 0.471. The molecule has 0 amide bonds. The van der Waals surface area contributed by atoms with Crippen LogP contribution in [0.5, 0.6) is 0 Å². The van der Waals surface area contributed by atoms with Gasteiger partial charge in [-0.2, -0.15) is 0 Å². The minimum atomic E-state index is -0.171. The van der Waals surface area contributed by atoms with Gasteiger partial charge in [-0.1, -0.05) is 30.3 Å². The summed E-state index contributed by atoms with van der Waals surface area (Å²) >= 11 is 5.51. The quantitative estimate of drug-likeness (QED) is 0.424. The van der Waals surface area contributed by atoms with Crippen LogP contribution in [-0.2, 0) is 16.0 Å². The average Bonchev–Trinajstić information content (AvgIpc) is 2.26. The number of rotatable bonds is 6. The highest BCUT2D eigenvalue weighted by atomic mass is 35.5. The Balaban J connectivity index is 2.19. The fraction of sp³-hybridized carbons (Fsp3) is 0.417. The van der Waals surface area contributed by atoms with E-state index in [4.69, 9.17) is 16.3 Å². The fourth-order valence-electron chi connectivity index (χ4n) is 1.20. The van der Waals surface area contributed by atoms with E-state index in [0.29, 0.717) is 18.9 Å². The average molecular weight is 227 g/mol. The monoisotopic (exact) mass is 226 g/mol. The van der Waals surface area contributed by atoms with Gasteiger partial charge < -0.3 is 4.74 Å². The van der Waals surface area contributed by atoms with Crippen molar-refractivity contribution in [1.82, 2.24) is 0 Å². The zero-order chi connectivity index (χ0) is 10.9. The van der Waals surface area contributed by atoms with Crippen LogP contribution in [0.2, 0.25) is 0 Å². The molecule has 0 aliphatic heterocycles. The minimum Gasteiger partial charge on any atom is -0.465 e. The highest BCUT2D eigenvalue weighted by Crippen LogP contribution is 2.01. The normalized spacial score (nSPS) is 9.93. The smallest absolute Gasteiger partial charge is 0.310 e. The van der Waals surface area contributed by atoms with E-state index in [-0.39, 0.29) is 5.97 Å². The summed E-state index contributed by atoms with van der Waals surface area (Å²) in [5.74, 6) is 0.451. The fourth-order valence-corrected chi connectivity index (χ4v) is 1.39. The van der Waals surface area contributed by atoms with Gasteiger partial charge in [0.15, 0.2) is 0 Å². The van der Waals surface area contributed by atoms with Crippen molar-refractivity contribution >= 4 is 17.6 Å². The van der Waals surface area contributed by atoms with Gasteiger partial charge in [-0.15, -0.1) is 11.6 Å². The Kier molecular flexibility index (Phi) is 5.86. The van der Waals surface area contributed by atoms with E-state index in [2.05, 4.69) is 0 Å². The summed E-state index contributed by atoms with van der Waals surface area (Å²) in [7, 11) is 0. The predicted octanol–water partition coefficient (Wildman–Crippen LogP) is 2.79. The number of benzene rings is 1. The first-order chi connectivity index (χ1) is 7.33. The molecule has 0 saturated heterocycles. The van der Waals surface area contributed by atoms with E-state index in [9.17, 15) is 4.79 Å². The second-order valence-electron chi connectivity index (χ2n) is 3.28. The van der Waals surface area contributed by atoms with Crippen molar-refractivity contribution in [2.24, 2.45) is 0 Å². The molecule has 3 heteroatoms. The minimum absolute atomic E-state index is 0.171. The molecule has 0 spiro atoms. The molecular weight excluding hydrogens is 212 g/mol. The summed E-state index contributed by atoms with van der Waals surface area (Å²) in [6.07, 6.45) is 2.08. The van der Waals surface area contributed by atoms with Crippen LogP contribution in [0.4, 0.5) is 0 Å². The van der Waals surface area contributed by atoms with E-state index in [1.807, 2.05) is 30.3 Å². The Hall–Kier alpha value is -1.02. The van der Waals surface area contributed by atoms with Gasteiger partial charge in [0.05, 0.1) is 13.0 Å². The lowest BCUT2D eigenvalue weighted by molar-refractivity contribution is -0.142. The lowest BCUT2D eigenvalue weighted by atomic mass is 10.2. The number of carbonyl (C=O) groups is 1. The van der Waals surface area contributed by atoms with Crippen LogP contribution in [0.15, 0.2) is 30.3 Å². The van der Waals surface area contributed by atoms with Gasteiger partial charge in [0, 0.05) is 5.88 Å². The summed E-state index contributed by atoms with van der Waals surface area (Å²) in [4.78, 5) is 11.3. The molecule has 1 aromatic rings. The topological polar surface area (TPSA) is 26.3 Å². The van der Waals surface area contributed by atoms with Crippen molar-refractivity contribution in [2.45, 2.75) is 19.3 Å². The molecule has 0 heterocycles. The van der Waals surface area contributed by atoms with Crippen molar-refractivity contribution in [3.63, 3.8) is 0 Å². The van der Waals surface area contributed by atoms with Gasteiger partial charge in [-0.3, -0.25) is 4.79 Å². The molecule has 0 atom stereocenters. The van der Waals surface area contributed by atoms with E-state index < -0.39 is 0 Å². The Bertz CT molecular complexity index is 285. The maximum atomic E-state index is 11.3. The number of carbonyl (C=O) groups excluding carboxylic acids is 1. The Labute approximate surface area is 95.2 Å². The molecule has 0 bridgehead atoms. The summed E-state index contributed by atoms with van der Waals surface area (Å²) in [6, 6.07) is 9.58. The van der Waals surface area contributed by atoms with Gasteiger partial charge in [-0.25, -0.2) is 0 Å². The van der Waals surface area contributed by atoms with Gasteiger partial charge in [0.2, 0.25) is 0 Å². The highest BCUT2D eigenvalue weighted by molar-refractivity contribution is 6.17. The third-order valence-electron chi connectivity index (χ3n) is 1.98. The molecule has 1 rings (SSSR count). The second-order valence-corrected chi connectivity index (χ2v) is 3.66. The molecular formula is C12H15ClO2. The predicted molar refractivity (Wildman–Crippen MR) is 61.1 cm³/mol. The summed E-state index contributed by atoms with van der Waals surface area (Å²) < 4.78 is 5.05. The Morgan fingerprint density at radius 3 is 2.60 bits per heavy atom. The lowest BCUT2D eigenvalue weighted by Gasteiger charge is -2.03. The first kappa shape index (κ1) is 12.1. The van der Waals surface area contributed by atoms with Crippen molar-refractivity contribution in [3.8, 4) is 0 Å². The van der Waals surface area contributed by atoms with Crippen LogP contribution in [0.1, 0.15) is 18.4 Å². The molecule has 0 N–H and O–H groups in total. The van der Waals surface area contributed by atoms with Crippen molar-refractivity contribution in [3.05, 3.63) is 35.9 Å². The van der Waals surface area contributed by atoms with Crippen LogP contribution in [0.3, 0.4) is 0 Å². The molecule has 82 valence electrons. The number of ether oxygens (including phenoxy) is 1. The van der Waals surface area contributed by atoms with Crippen LogP contribution in [-0.4, -0.2) is 18.5 Å². The van der Waals surface area contributed by atoms with Crippen molar-refractivity contribution in [2.75, 3.05) is 12.5 Å². The number of hydrogen-bond donors (Lipinski definition) is 0. The lowest BCUT2D eigenvalue weighted by Crippen LogP contribution is -2.09. The molecule has 0 radical (unpaired) electrons. The third-order valence-corrected chi connectivity index (χ3v) is 2.25. The molecule has 15 heavy (non-hydrogen) atoms. The number of unbranched alkanes of at least 4 members (excludes halogenated alkanes) is 1. The van der Waals surface area contributed by atoms with Crippen LogP contribution < -0.4 is 0 Å². The van der Waals surface area contributed by atoms with Crippen LogP contribution in [0, 0.1) is 0 Å². The molecule has 0 fully saturated rings. The zero-order valence-corrected chi connectivity index (χ0v) is 9.37. The third kappa shape index (κ3) is 5.43. The maximum Gasteiger partial charge on any atom is 0.310 e. The molecule has 2 nitrogen and oxygen atoms in total. The highest BCUT2D eigenvalue weighted by Gasteiger charge is 2.03. The Morgan fingerprint density at radius 1 is 1.20 bits per heavy atom. The number of esters is 1. The number of halogens is 1. The first-order valence-corrected chi connectivity index (χ1v) is 5.62. The summed E-state index contributed by atoms with van der Waals surface area (Å²) in [5, 5.41) is 0. The molecule has 0 unspecified atom stereocenters. The van der Waals surface area contributed by atoms with Crippen LogP contribution >= 0.6 is 11.6 Å². The summed E-state index contributed by atoms with van der Waals surface area (Å²) in [5.41, 5.74) is 0.986. The van der Waals surface area contributed by atoms with Gasteiger partial charge >= 0.3 is 5.97 Å². The van der Waals surface area contributed by atoms with Crippen LogP contribution in [0.25, 0.3) is 0 Å². The number of hydrogen-bond acceptors (Lipinski definition) is 2. The van der Waals surface area contributed by atoms with E-state index >= 15 is 0 Å². The molecule has 1 aromatic carbocycles. The molecule has 0 aliphatic rings. The van der Waals surface area contributed by atoms with E-state index in [1.54, 1.807) is 0 Å². The molecule has 0 aliphatic carbocycles. The van der Waals surface area contributed by atoms with Crippen molar-refractivity contribution in [1.29, 1.82) is 0 Å². The largest absolute Gasteiger partial charge is 0.465 e. The zero-order valence-electron chi connectivity index (χ0n) is 8.62. The van der Waals surface area contributed by atoms with E-state index in [1.165, 1.54) is 0 Å². The van der Waals surface area contributed by atoms with Gasteiger partial charge in [-0.05, 0) is 18.4 Å². The number of alkyl halides is 1. The van der Waals surface area contributed by atoms with Gasteiger partial charge in [0.1, 0.15) is 0 Å². The van der Waals surface area contributed by atoms with E-state index in [0.717, 1.165) is 18.4 Å². The Morgan fingerprint density at radius 2 is 1.93 bits per heavy atom. The second kappa shape index (κ2) is 7.30. The molecule has 0 saturated carbocycles. The van der Waals surface area contributed by atoms with Crippen molar-refractivity contribution < 1.29 is 9.53 Å². The first-order valence-electron chi connectivity index (χ1n) is 5.08. The maximum absolute atomic E-state index is 11.3. The standard InChI is InChI=1S/C12H15ClO2/c13-8-4-5-9-15-12(14)10-11-6-2-1-3-7-11/h1-3,6-7H,4-5,8-10H2. The van der Waals surface area contributed by atoms with Gasteiger partial charge in [0.25, 0.3) is 0 Å².